The zero-order valence-electron chi connectivity index (χ0n) is 9.24. The summed E-state index contributed by atoms with van der Waals surface area (Å²) in [4.78, 5) is 4.39. The Morgan fingerprint density at radius 1 is 1.38 bits per heavy atom. The Balaban J connectivity index is 2.85. The summed E-state index contributed by atoms with van der Waals surface area (Å²) >= 11 is 0. The smallest absolute Gasteiger partial charge is 0.142 e. The van der Waals surface area contributed by atoms with Crippen LogP contribution in [0.5, 0.6) is 5.75 Å². The van der Waals surface area contributed by atoms with Gasteiger partial charge in [-0.15, -0.1) is 0 Å². The minimum Gasteiger partial charge on any atom is -0.495 e. The highest BCUT2D eigenvalue weighted by Crippen LogP contribution is 2.34. The van der Waals surface area contributed by atoms with Crippen molar-refractivity contribution in [2.75, 3.05) is 18.3 Å². The first-order valence-corrected chi connectivity index (χ1v) is 4.87. The van der Waals surface area contributed by atoms with Crippen molar-refractivity contribution >= 4 is 22.3 Å². The van der Waals surface area contributed by atoms with E-state index in [-0.39, 0.29) is 0 Å². The van der Waals surface area contributed by atoms with Crippen molar-refractivity contribution in [3.63, 3.8) is 0 Å². The van der Waals surface area contributed by atoms with Crippen LogP contribution in [0.25, 0.3) is 10.9 Å². The number of aromatic nitrogens is 1. The number of nitrogens with two attached hydrogens (primary N) is 2. The molecule has 1 aromatic carbocycles. The Labute approximate surface area is 93.4 Å². The zero-order valence-corrected chi connectivity index (χ0v) is 9.24. The molecule has 0 fully saturated rings. The number of pyridine rings is 1. The van der Waals surface area contributed by atoms with E-state index in [9.17, 15) is 0 Å². The number of methoxy groups -OCH3 is 1. The van der Waals surface area contributed by atoms with Crippen molar-refractivity contribution in [2.45, 2.75) is 6.92 Å². The molecule has 0 unspecified atom stereocenters. The van der Waals surface area contributed by atoms with Crippen LogP contribution in [0.4, 0.5) is 11.4 Å². The molecular weight excluding hydrogens is 204 g/mol. The van der Waals surface area contributed by atoms with Crippen molar-refractivity contribution in [2.24, 2.45) is 5.84 Å². The third kappa shape index (κ3) is 1.51. The average Bonchev–Trinajstić information content (AvgIpc) is 2.28. The van der Waals surface area contributed by atoms with E-state index in [0.717, 1.165) is 22.3 Å². The number of benzene rings is 1. The van der Waals surface area contributed by atoms with Crippen LogP contribution in [0, 0.1) is 6.92 Å². The predicted octanol–water partition coefficient (Wildman–Crippen LogP) is 1.42. The fraction of sp³-hybridized carbons (Fsp3) is 0.182. The molecule has 5 N–H and O–H groups in total. The third-order valence-electron chi connectivity index (χ3n) is 2.48. The molecule has 0 aliphatic rings. The topological polar surface area (TPSA) is 86.2 Å². The van der Waals surface area contributed by atoms with E-state index in [0.29, 0.717) is 11.4 Å². The number of ether oxygens (including phenoxy) is 1. The second-order valence-corrected chi connectivity index (χ2v) is 3.53. The molecule has 16 heavy (non-hydrogen) atoms. The molecule has 2 rings (SSSR count). The molecule has 1 heterocycles. The molecule has 0 aliphatic carbocycles. The Hall–Kier alpha value is -2.01. The van der Waals surface area contributed by atoms with Gasteiger partial charge in [0.15, 0.2) is 0 Å². The van der Waals surface area contributed by atoms with Gasteiger partial charge in [-0.1, -0.05) is 0 Å². The number of rotatable bonds is 2. The van der Waals surface area contributed by atoms with E-state index in [4.69, 9.17) is 16.3 Å². The van der Waals surface area contributed by atoms with Gasteiger partial charge < -0.3 is 15.9 Å². The second kappa shape index (κ2) is 3.86. The Morgan fingerprint density at radius 3 is 2.75 bits per heavy atom. The highest BCUT2D eigenvalue weighted by molar-refractivity contribution is 6.02. The molecule has 84 valence electrons. The third-order valence-corrected chi connectivity index (χ3v) is 2.48. The zero-order chi connectivity index (χ0) is 11.7. The van der Waals surface area contributed by atoms with Gasteiger partial charge in [0.05, 0.1) is 29.4 Å². The van der Waals surface area contributed by atoms with Gasteiger partial charge in [-0.05, 0) is 25.1 Å². The Morgan fingerprint density at radius 2 is 2.12 bits per heavy atom. The summed E-state index contributed by atoms with van der Waals surface area (Å²) < 4.78 is 5.16. The van der Waals surface area contributed by atoms with Crippen LogP contribution in [0.3, 0.4) is 0 Å². The Bertz CT molecular complexity index is 539. The number of hydrogen-bond donors (Lipinski definition) is 3. The molecule has 5 heteroatoms. The van der Waals surface area contributed by atoms with Gasteiger partial charge >= 0.3 is 0 Å². The van der Waals surface area contributed by atoms with Gasteiger partial charge in [-0.2, -0.15) is 0 Å². The second-order valence-electron chi connectivity index (χ2n) is 3.53. The molecule has 0 aliphatic heterocycles. The van der Waals surface area contributed by atoms with E-state index in [1.807, 2.05) is 19.1 Å². The summed E-state index contributed by atoms with van der Waals surface area (Å²) in [6, 6.07) is 5.50. The van der Waals surface area contributed by atoms with Gasteiger partial charge in [0.1, 0.15) is 5.75 Å². The van der Waals surface area contributed by atoms with E-state index in [2.05, 4.69) is 10.4 Å². The summed E-state index contributed by atoms with van der Waals surface area (Å²) in [5, 5.41) is 0.785. The first kappa shape index (κ1) is 10.5. The van der Waals surface area contributed by atoms with Gasteiger partial charge in [-0.25, -0.2) is 0 Å². The molecule has 0 saturated carbocycles. The number of aryl methyl sites for hydroxylation is 1. The highest BCUT2D eigenvalue weighted by atomic mass is 16.5. The molecule has 0 atom stereocenters. The van der Waals surface area contributed by atoms with Crippen molar-refractivity contribution in [1.29, 1.82) is 0 Å². The van der Waals surface area contributed by atoms with Crippen LogP contribution < -0.4 is 21.7 Å². The van der Waals surface area contributed by atoms with E-state index in [1.54, 1.807) is 13.2 Å². The largest absolute Gasteiger partial charge is 0.495 e. The number of fused-ring (bicyclic) bond motifs is 1. The quantitative estimate of drug-likeness (QED) is 0.403. The molecular formula is C11H14N4O. The van der Waals surface area contributed by atoms with Crippen LogP contribution in [0.1, 0.15) is 5.69 Å². The molecule has 0 radical (unpaired) electrons. The van der Waals surface area contributed by atoms with Crippen molar-refractivity contribution in [3.8, 4) is 5.75 Å². The van der Waals surface area contributed by atoms with Gasteiger partial charge in [0.2, 0.25) is 0 Å². The van der Waals surface area contributed by atoms with Gasteiger partial charge in [0, 0.05) is 5.69 Å². The fourth-order valence-electron chi connectivity index (χ4n) is 1.76. The Kier molecular flexibility index (Phi) is 2.54. The van der Waals surface area contributed by atoms with Gasteiger partial charge in [0.25, 0.3) is 0 Å². The molecule has 0 bridgehead atoms. The number of anilines is 2. The van der Waals surface area contributed by atoms with Crippen LogP contribution in [0.15, 0.2) is 18.2 Å². The summed E-state index contributed by atoms with van der Waals surface area (Å²) in [5.41, 5.74) is 11.6. The lowest BCUT2D eigenvalue weighted by molar-refractivity contribution is 0.417. The van der Waals surface area contributed by atoms with Crippen molar-refractivity contribution in [3.05, 3.63) is 23.9 Å². The summed E-state index contributed by atoms with van der Waals surface area (Å²) in [6.07, 6.45) is 0. The molecule has 2 aromatic rings. The maximum Gasteiger partial charge on any atom is 0.142 e. The van der Waals surface area contributed by atoms with Gasteiger partial charge in [-0.3, -0.25) is 10.8 Å². The monoisotopic (exact) mass is 218 g/mol. The number of hydrazine groups is 1. The number of hydrogen-bond acceptors (Lipinski definition) is 5. The van der Waals surface area contributed by atoms with Crippen LogP contribution in [-0.2, 0) is 0 Å². The minimum absolute atomic E-state index is 0.542. The lowest BCUT2D eigenvalue weighted by Gasteiger charge is -2.12. The number of nitrogens with zero attached hydrogens (tertiary/aromatic N) is 1. The standard InChI is InChI=1S/C11H14N4O/c1-6-5-8(15-13)10-7(14-6)3-4-9(16-2)11(10)12/h3-5H,12-13H2,1-2H3,(H,14,15). The first-order valence-electron chi connectivity index (χ1n) is 4.87. The van der Waals surface area contributed by atoms with E-state index >= 15 is 0 Å². The lowest BCUT2D eigenvalue weighted by atomic mass is 10.1. The van der Waals surface area contributed by atoms with Crippen LogP contribution in [-0.4, -0.2) is 12.1 Å². The maximum absolute atomic E-state index is 6.00. The maximum atomic E-state index is 6.00. The highest BCUT2D eigenvalue weighted by Gasteiger charge is 2.10. The van der Waals surface area contributed by atoms with Crippen molar-refractivity contribution < 1.29 is 4.74 Å². The number of nitrogen functional groups attached to an aromatic ring is 2. The lowest BCUT2D eigenvalue weighted by Crippen LogP contribution is -2.09. The SMILES string of the molecule is COc1ccc2nc(C)cc(NN)c2c1N. The average molecular weight is 218 g/mol. The predicted molar refractivity (Wildman–Crippen MR) is 65.3 cm³/mol. The molecule has 0 saturated heterocycles. The van der Waals surface area contributed by atoms with Crippen LogP contribution in [0.2, 0.25) is 0 Å². The molecule has 0 amide bonds. The molecule has 0 spiro atoms. The minimum atomic E-state index is 0.542. The fourth-order valence-corrected chi connectivity index (χ4v) is 1.76. The summed E-state index contributed by atoms with van der Waals surface area (Å²) in [5.74, 6) is 6.09. The summed E-state index contributed by atoms with van der Waals surface area (Å²) in [7, 11) is 1.58. The summed E-state index contributed by atoms with van der Waals surface area (Å²) in [6.45, 7) is 1.90. The molecule has 1 aromatic heterocycles. The van der Waals surface area contributed by atoms with E-state index in [1.165, 1.54) is 0 Å². The van der Waals surface area contributed by atoms with Crippen LogP contribution >= 0.6 is 0 Å². The van der Waals surface area contributed by atoms with Crippen molar-refractivity contribution in [1.82, 2.24) is 4.98 Å². The number of nitrogens with one attached hydrogen (secondary N) is 1. The van der Waals surface area contributed by atoms with E-state index < -0.39 is 0 Å². The molecule has 5 nitrogen and oxygen atoms in total. The first-order chi connectivity index (χ1) is 7.67. The normalized spacial score (nSPS) is 10.4.